The maximum absolute atomic E-state index is 12.9. The summed E-state index contributed by atoms with van der Waals surface area (Å²) < 4.78 is 4.57. The van der Waals surface area contributed by atoms with Gasteiger partial charge in [-0.2, -0.15) is 0 Å². The molecule has 2 aromatic carbocycles. The Morgan fingerprint density at radius 3 is 2.30 bits per heavy atom. The third-order valence-electron chi connectivity index (χ3n) is 4.21. The summed E-state index contributed by atoms with van der Waals surface area (Å²) in [5.41, 5.74) is 0.484. The number of methoxy groups -OCH3 is 1. The van der Waals surface area contributed by atoms with Crippen molar-refractivity contribution in [1.82, 2.24) is 0 Å². The zero-order valence-electron chi connectivity index (χ0n) is 14.1. The molecule has 0 fully saturated rings. The summed E-state index contributed by atoms with van der Waals surface area (Å²) in [6.07, 6.45) is 0.418. The average Bonchev–Trinajstić information content (AvgIpc) is 3.09. The average molecular weight is 371 g/mol. The monoisotopic (exact) mass is 371 g/mol. The molecule has 0 bridgehead atoms. The molecular formula is C17H13N3O7. The minimum absolute atomic E-state index is 0.0456. The third kappa shape index (κ3) is 3.32. The second kappa shape index (κ2) is 6.83. The number of benzene rings is 2. The van der Waals surface area contributed by atoms with Gasteiger partial charge in [-0.3, -0.25) is 25.0 Å². The van der Waals surface area contributed by atoms with Crippen LogP contribution in [-0.2, 0) is 11.2 Å². The number of anilines is 1. The Kier molecular flexibility index (Phi) is 4.55. The normalized spacial score (nSPS) is 12.4. The van der Waals surface area contributed by atoms with Gasteiger partial charge < -0.3 is 9.64 Å². The Bertz CT molecular complexity index is 986. The highest BCUT2D eigenvalue weighted by atomic mass is 16.6. The summed E-state index contributed by atoms with van der Waals surface area (Å²) in [5.74, 6) is -1.35. The summed E-state index contributed by atoms with van der Waals surface area (Å²) in [7, 11) is 1.13. The molecule has 10 heteroatoms. The first kappa shape index (κ1) is 18.0. The van der Waals surface area contributed by atoms with Gasteiger partial charge >= 0.3 is 5.97 Å². The largest absolute Gasteiger partial charge is 0.465 e. The van der Waals surface area contributed by atoms with E-state index in [1.54, 1.807) is 0 Å². The van der Waals surface area contributed by atoms with Crippen LogP contribution in [0.3, 0.4) is 0 Å². The zero-order valence-corrected chi connectivity index (χ0v) is 14.1. The first-order valence-electron chi connectivity index (χ1n) is 7.79. The van der Waals surface area contributed by atoms with Gasteiger partial charge in [0.15, 0.2) is 0 Å². The van der Waals surface area contributed by atoms with Crippen LogP contribution < -0.4 is 4.90 Å². The lowest BCUT2D eigenvalue weighted by Gasteiger charge is -2.17. The number of carbonyl (C=O) groups excluding carboxylic acids is 2. The predicted octanol–water partition coefficient (Wildman–Crippen LogP) is 2.49. The van der Waals surface area contributed by atoms with Crippen molar-refractivity contribution in [1.29, 1.82) is 0 Å². The molecule has 138 valence electrons. The fourth-order valence-corrected chi connectivity index (χ4v) is 2.94. The standard InChI is InChI=1S/C17H13N3O7/c1-27-17(22)12-6-11(8-14(9-12)20(25)26)16(21)18-5-4-10-7-13(19(23)24)2-3-15(10)18/h2-3,6-9H,4-5H2,1H3. The Morgan fingerprint density at radius 2 is 1.67 bits per heavy atom. The summed E-state index contributed by atoms with van der Waals surface area (Å²) in [6, 6.07) is 7.50. The van der Waals surface area contributed by atoms with Crippen LogP contribution in [0.1, 0.15) is 26.3 Å². The lowest BCUT2D eigenvalue weighted by atomic mass is 10.1. The number of fused-ring (bicyclic) bond motifs is 1. The number of rotatable bonds is 4. The number of non-ortho nitro benzene ring substituents is 2. The van der Waals surface area contributed by atoms with Crippen molar-refractivity contribution in [3.8, 4) is 0 Å². The number of hydrogen-bond acceptors (Lipinski definition) is 7. The maximum atomic E-state index is 12.9. The van der Waals surface area contributed by atoms with Gasteiger partial charge in [0, 0.05) is 42.1 Å². The van der Waals surface area contributed by atoms with Crippen LogP contribution in [-0.4, -0.2) is 35.4 Å². The highest BCUT2D eigenvalue weighted by Crippen LogP contribution is 2.33. The van der Waals surface area contributed by atoms with Crippen molar-refractivity contribution in [2.24, 2.45) is 0 Å². The summed E-state index contributed by atoms with van der Waals surface area (Å²) in [4.78, 5) is 46.8. The summed E-state index contributed by atoms with van der Waals surface area (Å²) >= 11 is 0. The molecular weight excluding hydrogens is 358 g/mol. The van der Waals surface area contributed by atoms with E-state index in [-0.39, 0.29) is 23.4 Å². The molecule has 1 aliphatic heterocycles. The Balaban J connectivity index is 2.00. The SMILES string of the molecule is COC(=O)c1cc(C(=O)N2CCc3cc([N+](=O)[O-])ccc32)cc([N+](=O)[O-])c1. The van der Waals surface area contributed by atoms with Crippen molar-refractivity contribution in [2.75, 3.05) is 18.6 Å². The van der Waals surface area contributed by atoms with E-state index in [0.29, 0.717) is 17.7 Å². The van der Waals surface area contributed by atoms with E-state index in [9.17, 15) is 29.8 Å². The van der Waals surface area contributed by atoms with Crippen molar-refractivity contribution in [3.05, 3.63) is 73.3 Å². The van der Waals surface area contributed by atoms with Crippen LogP contribution in [0.5, 0.6) is 0 Å². The summed E-state index contributed by atoms with van der Waals surface area (Å²) in [6.45, 7) is 0.269. The lowest BCUT2D eigenvalue weighted by Crippen LogP contribution is -2.29. The molecule has 0 atom stereocenters. The molecule has 0 aliphatic carbocycles. The molecule has 3 rings (SSSR count). The van der Waals surface area contributed by atoms with Gasteiger partial charge in [0.25, 0.3) is 17.3 Å². The molecule has 10 nitrogen and oxygen atoms in total. The van der Waals surface area contributed by atoms with Crippen LogP contribution in [0.2, 0.25) is 0 Å². The van der Waals surface area contributed by atoms with Gasteiger partial charge in [0.1, 0.15) is 0 Å². The fourth-order valence-electron chi connectivity index (χ4n) is 2.94. The molecule has 0 radical (unpaired) electrons. The van der Waals surface area contributed by atoms with Crippen LogP contribution in [0.15, 0.2) is 36.4 Å². The quantitative estimate of drug-likeness (QED) is 0.458. The molecule has 1 amide bonds. The molecule has 27 heavy (non-hydrogen) atoms. The smallest absolute Gasteiger partial charge is 0.338 e. The molecule has 0 spiro atoms. The number of nitro benzene ring substituents is 2. The number of esters is 1. The van der Waals surface area contributed by atoms with E-state index in [4.69, 9.17) is 0 Å². The molecule has 0 saturated carbocycles. The van der Waals surface area contributed by atoms with Crippen LogP contribution in [0, 0.1) is 20.2 Å². The lowest BCUT2D eigenvalue weighted by molar-refractivity contribution is -0.385. The highest BCUT2D eigenvalue weighted by molar-refractivity contribution is 6.09. The van der Waals surface area contributed by atoms with E-state index in [0.717, 1.165) is 19.2 Å². The van der Waals surface area contributed by atoms with Crippen molar-refractivity contribution in [3.63, 3.8) is 0 Å². The second-order valence-corrected chi connectivity index (χ2v) is 5.79. The van der Waals surface area contributed by atoms with E-state index in [2.05, 4.69) is 4.74 Å². The molecule has 0 N–H and O–H groups in total. The molecule has 1 aliphatic rings. The number of ether oxygens (including phenoxy) is 1. The minimum atomic E-state index is -0.801. The van der Waals surface area contributed by atoms with E-state index in [1.165, 1.54) is 29.2 Å². The minimum Gasteiger partial charge on any atom is -0.465 e. The predicted molar refractivity (Wildman–Crippen MR) is 92.9 cm³/mol. The van der Waals surface area contributed by atoms with Gasteiger partial charge in [-0.1, -0.05) is 0 Å². The topological polar surface area (TPSA) is 133 Å². The number of carbonyl (C=O) groups is 2. The van der Waals surface area contributed by atoms with Crippen molar-refractivity contribution in [2.45, 2.75) is 6.42 Å². The molecule has 2 aromatic rings. The number of nitro groups is 2. The van der Waals surface area contributed by atoms with E-state index < -0.39 is 27.4 Å². The number of nitrogens with zero attached hydrogens (tertiary/aromatic N) is 3. The molecule has 0 unspecified atom stereocenters. The second-order valence-electron chi connectivity index (χ2n) is 5.79. The first-order chi connectivity index (χ1) is 12.8. The Hall–Kier alpha value is -3.82. The number of amides is 1. The fraction of sp³-hybridized carbons (Fsp3) is 0.176. The van der Waals surface area contributed by atoms with Gasteiger partial charge in [-0.05, 0) is 24.1 Å². The van der Waals surface area contributed by atoms with E-state index in [1.807, 2.05) is 0 Å². The van der Waals surface area contributed by atoms with Gasteiger partial charge in [-0.15, -0.1) is 0 Å². The van der Waals surface area contributed by atoms with Crippen molar-refractivity contribution >= 4 is 28.9 Å². The zero-order chi connectivity index (χ0) is 19.7. The van der Waals surface area contributed by atoms with Gasteiger partial charge in [0.05, 0.1) is 22.5 Å². The van der Waals surface area contributed by atoms with Crippen molar-refractivity contribution < 1.29 is 24.2 Å². The van der Waals surface area contributed by atoms with E-state index >= 15 is 0 Å². The number of hydrogen-bond donors (Lipinski definition) is 0. The van der Waals surface area contributed by atoms with Crippen LogP contribution in [0.25, 0.3) is 0 Å². The molecule has 0 aromatic heterocycles. The Labute approximate surface area is 152 Å². The third-order valence-corrected chi connectivity index (χ3v) is 4.21. The van der Waals surface area contributed by atoms with Gasteiger partial charge in [0.2, 0.25) is 0 Å². The molecule has 1 heterocycles. The summed E-state index contributed by atoms with van der Waals surface area (Å²) in [5, 5.41) is 22.0. The van der Waals surface area contributed by atoms with Crippen LogP contribution >= 0.6 is 0 Å². The van der Waals surface area contributed by atoms with Crippen LogP contribution in [0.4, 0.5) is 17.1 Å². The highest BCUT2D eigenvalue weighted by Gasteiger charge is 2.29. The molecule has 0 saturated heterocycles. The maximum Gasteiger partial charge on any atom is 0.338 e. The van der Waals surface area contributed by atoms with Gasteiger partial charge in [-0.25, -0.2) is 4.79 Å². The first-order valence-corrected chi connectivity index (χ1v) is 7.79. The Morgan fingerprint density at radius 1 is 1.00 bits per heavy atom.